The molecule has 0 fully saturated rings. The van der Waals surface area contributed by atoms with Gasteiger partial charge in [0.05, 0.1) is 4.47 Å². The van der Waals surface area contributed by atoms with E-state index < -0.39 is 0 Å². The lowest BCUT2D eigenvalue weighted by Gasteiger charge is -2.10. The average Bonchev–Trinajstić information content (AvgIpc) is 2.47. The SMILES string of the molecule is CCCc1ccc(OCC(=O)Nc2cccc(Br)c2)c(Br)c1. The fourth-order valence-corrected chi connectivity index (χ4v) is 2.95. The Morgan fingerprint density at radius 2 is 2.00 bits per heavy atom. The van der Waals surface area contributed by atoms with E-state index in [0.717, 1.165) is 27.5 Å². The second-order valence-corrected chi connectivity index (χ2v) is 6.63. The summed E-state index contributed by atoms with van der Waals surface area (Å²) in [5, 5.41) is 2.79. The van der Waals surface area contributed by atoms with Gasteiger partial charge in [0.15, 0.2) is 6.61 Å². The molecule has 116 valence electrons. The van der Waals surface area contributed by atoms with Crippen molar-refractivity contribution in [3.8, 4) is 5.75 Å². The number of hydrogen-bond acceptors (Lipinski definition) is 2. The molecule has 0 radical (unpaired) electrons. The van der Waals surface area contributed by atoms with Gasteiger partial charge < -0.3 is 10.1 Å². The highest BCUT2D eigenvalue weighted by molar-refractivity contribution is 9.10. The van der Waals surface area contributed by atoms with Gasteiger partial charge in [-0.25, -0.2) is 0 Å². The number of benzene rings is 2. The van der Waals surface area contributed by atoms with Gasteiger partial charge >= 0.3 is 0 Å². The summed E-state index contributed by atoms with van der Waals surface area (Å²) in [6.45, 7) is 2.11. The molecule has 5 heteroatoms. The van der Waals surface area contributed by atoms with Crippen molar-refractivity contribution in [3.63, 3.8) is 0 Å². The van der Waals surface area contributed by atoms with Crippen LogP contribution in [0.5, 0.6) is 5.75 Å². The van der Waals surface area contributed by atoms with Gasteiger partial charge in [-0.1, -0.05) is 41.4 Å². The minimum Gasteiger partial charge on any atom is -0.483 e. The van der Waals surface area contributed by atoms with Crippen LogP contribution in [0.25, 0.3) is 0 Å². The Labute approximate surface area is 147 Å². The van der Waals surface area contributed by atoms with Crippen LogP contribution >= 0.6 is 31.9 Å². The monoisotopic (exact) mass is 425 g/mol. The highest BCUT2D eigenvalue weighted by Gasteiger charge is 2.07. The number of aryl methyl sites for hydroxylation is 1. The number of amides is 1. The van der Waals surface area contributed by atoms with Crippen molar-refractivity contribution in [3.05, 3.63) is 57.0 Å². The molecule has 0 heterocycles. The van der Waals surface area contributed by atoms with Crippen molar-refractivity contribution in [1.82, 2.24) is 0 Å². The van der Waals surface area contributed by atoms with Crippen LogP contribution in [0, 0.1) is 0 Å². The molecular formula is C17H17Br2NO2. The lowest BCUT2D eigenvalue weighted by atomic mass is 10.1. The quantitative estimate of drug-likeness (QED) is 0.690. The minimum absolute atomic E-state index is 0.0295. The Morgan fingerprint density at radius 1 is 1.18 bits per heavy atom. The first-order chi connectivity index (χ1) is 10.6. The molecule has 2 aromatic carbocycles. The van der Waals surface area contributed by atoms with Gasteiger partial charge in [0.25, 0.3) is 5.91 Å². The molecule has 0 aliphatic carbocycles. The van der Waals surface area contributed by atoms with Crippen LogP contribution in [-0.2, 0) is 11.2 Å². The summed E-state index contributed by atoms with van der Waals surface area (Å²) in [6, 6.07) is 13.4. The molecule has 0 atom stereocenters. The predicted molar refractivity (Wildman–Crippen MR) is 96.4 cm³/mol. The van der Waals surface area contributed by atoms with Crippen LogP contribution in [0.15, 0.2) is 51.4 Å². The number of carbonyl (C=O) groups is 1. The number of nitrogens with one attached hydrogen (secondary N) is 1. The van der Waals surface area contributed by atoms with E-state index in [4.69, 9.17) is 4.74 Å². The topological polar surface area (TPSA) is 38.3 Å². The van der Waals surface area contributed by atoms with E-state index in [9.17, 15) is 4.79 Å². The molecule has 0 aromatic heterocycles. The van der Waals surface area contributed by atoms with Gasteiger partial charge in [-0.3, -0.25) is 4.79 Å². The van der Waals surface area contributed by atoms with Crippen LogP contribution in [0.3, 0.4) is 0 Å². The first-order valence-corrected chi connectivity index (χ1v) is 8.63. The van der Waals surface area contributed by atoms with Gasteiger partial charge in [0, 0.05) is 10.2 Å². The van der Waals surface area contributed by atoms with E-state index in [2.05, 4.69) is 44.1 Å². The Balaban J connectivity index is 1.91. The fraction of sp³-hybridized carbons (Fsp3) is 0.235. The zero-order chi connectivity index (χ0) is 15.9. The third-order valence-electron chi connectivity index (χ3n) is 3.00. The molecular weight excluding hydrogens is 410 g/mol. The second-order valence-electron chi connectivity index (χ2n) is 4.86. The lowest BCUT2D eigenvalue weighted by molar-refractivity contribution is -0.118. The second kappa shape index (κ2) is 8.34. The highest BCUT2D eigenvalue weighted by Crippen LogP contribution is 2.26. The number of ether oxygens (including phenoxy) is 1. The molecule has 0 bridgehead atoms. The maximum absolute atomic E-state index is 11.9. The van der Waals surface area contributed by atoms with E-state index in [1.807, 2.05) is 42.5 Å². The number of rotatable bonds is 6. The number of carbonyl (C=O) groups excluding carboxylic acids is 1. The molecule has 2 rings (SSSR count). The third-order valence-corrected chi connectivity index (χ3v) is 4.12. The molecule has 1 amide bonds. The standard InChI is InChI=1S/C17H17Br2NO2/c1-2-4-12-7-8-16(15(19)9-12)22-11-17(21)20-14-6-3-5-13(18)10-14/h3,5-10H,2,4,11H2,1H3,(H,20,21). The lowest BCUT2D eigenvalue weighted by Crippen LogP contribution is -2.20. The van der Waals surface area contributed by atoms with E-state index in [1.54, 1.807) is 0 Å². The smallest absolute Gasteiger partial charge is 0.262 e. The fourth-order valence-electron chi connectivity index (χ4n) is 2.01. The average molecular weight is 427 g/mol. The largest absolute Gasteiger partial charge is 0.483 e. The highest BCUT2D eigenvalue weighted by atomic mass is 79.9. The summed E-state index contributed by atoms with van der Waals surface area (Å²) in [6.07, 6.45) is 2.13. The summed E-state index contributed by atoms with van der Waals surface area (Å²) in [7, 11) is 0. The molecule has 0 saturated carbocycles. The van der Waals surface area contributed by atoms with E-state index in [0.29, 0.717) is 5.75 Å². The van der Waals surface area contributed by atoms with Crippen molar-refractivity contribution in [1.29, 1.82) is 0 Å². The summed E-state index contributed by atoms with van der Waals surface area (Å²) in [5.74, 6) is 0.479. The number of anilines is 1. The van der Waals surface area contributed by atoms with Crippen LogP contribution in [-0.4, -0.2) is 12.5 Å². The van der Waals surface area contributed by atoms with Gasteiger partial charge in [-0.15, -0.1) is 0 Å². The molecule has 22 heavy (non-hydrogen) atoms. The molecule has 1 N–H and O–H groups in total. The molecule has 0 spiro atoms. The van der Waals surface area contributed by atoms with Gasteiger partial charge in [0.1, 0.15) is 5.75 Å². The minimum atomic E-state index is -0.192. The molecule has 0 unspecified atom stereocenters. The summed E-state index contributed by atoms with van der Waals surface area (Å²) >= 11 is 6.85. The predicted octanol–water partition coefficient (Wildman–Crippen LogP) is 5.18. The van der Waals surface area contributed by atoms with Crippen molar-refractivity contribution in [2.24, 2.45) is 0 Å². The Hall–Kier alpha value is -1.33. The molecule has 3 nitrogen and oxygen atoms in total. The van der Waals surface area contributed by atoms with Crippen LogP contribution in [0.1, 0.15) is 18.9 Å². The van der Waals surface area contributed by atoms with Gasteiger partial charge in [-0.05, 0) is 58.2 Å². The zero-order valence-corrected chi connectivity index (χ0v) is 15.4. The van der Waals surface area contributed by atoms with Crippen molar-refractivity contribution < 1.29 is 9.53 Å². The van der Waals surface area contributed by atoms with Gasteiger partial charge in [0.2, 0.25) is 0 Å². The zero-order valence-electron chi connectivity index (χ0n) is 12.2. The molecule has 2 aromatic rings. The van der Waals surface area contributed by atoms with E-state index >= 15 is 0 Å². The van der Waals surface area contributed by atoms with E-state index in [1.165, 1.54) is 5.56 Å². The number of hydrogen-bond donors (Lipinski definition) is 1. The van der Waals surface area contributed by atoms with Crippen molar-refractivity contribution in [2.75, 3.05) is 11.9 Å². The maximum Gasteiger partial charge on any atom is 0.262 e. The molecule has 0 aliphatic heterocycles. The van der Waals surface area contributed by atoms with Crippen LogP contribution in [0.4, 0.5) is 5.69 Å². The van der Waals surface area contributed by atoms with Crippen molar-refractivity contribution >= 4 is 43.5 Å². The normalized spacial score (nSPS) is 10.3. The first kappa shape index (κ1) is 17.0. The van der Waals surface area contributed by atoms with Gasteiger partial charge in [-0.2, -0.15) is 0 Å². The Bertz CT molecular complexity index is 659. The molecule has 0 saturated heterocycles. The Morgan fingerprint density at radius 3 is 2.68 bits per heavy atom. The first-order valence-electron chi connectivity index (χ1n) is 7.05. The van der Waals surface area contributed by atoms with E-state index in [-0.39, 0.29) is 12.5 Å². The van der Waals surface area contributed by atoms with Crippen LogP contribution < -0.4 is 10.1 Å². The summed E-state index contributed by atoms with van der Waals surface area (Å²) < 4.78 is 7.35. The summed E-state index contributed by atoms with van der Waals surface area (Å²) in [5.41, 5.74) is 1.99. The number of halogens is 2. The Kier molecular flexibility index (Phi) is 6.46. The maximum atomic E-state index is 11.9. The molecule has 0 aliphatic rings. The summed E-state index contributed by atoms with van der Waals surface area (Å²) in [4.78, 5) is 11.9. The third kappa shape index (κ3) is 5.14. The van der Waals surface area contributed by atoms with Crippen molar-refractivity contribution in [2.45, 2.75) is 19.8 Å². The van der Waals surface area contributed by atoms with Crippen LogP contribution in [0.2, 0.25) is 0 Å².